The van der Waals surface area contributed by atoms with Crippen molar-refractivity contribution in [3.63, 3.8) is 0 Å². The lowest BCUT2D eigenvalue weighted by molar-refractivity contribution is -0.137. The van der Waals surface area contributed by atoms with E-state index in [-0.39, 0.29) is 0 Å². The van der Waals surface area contributed by atoms with Crippen molar-refractivity contribution in [2.75, 3.05) is 0 Å². The van der Waals surface area contributed by atoms with E-state index in [1.807, 2.05) is 13.0 Å². The summed E-state index contributed by atoms with van der Waals surface area (Å²) in [6, 6.07) is 1.99. The minimum absolute atomic E-state index is 0.311. The molecule has 0 bridgehead atoms. The molecule has 0 saturated carbocycles. The smallest absolute Gasteiger partial charge is 0.303 e. The minimum atomic E-state index is -0.682. The first kappa shape index (κ1) is 14.7. The zero-order chi connectivity index (χ0) is 13.2. The van der Waals surface area contributed by atoms with Crippen molar-refractivity contribution >= 4 is 5.97 Å². The highest BCUT2D eigenvalue weighted by Crippen LogP contribution is 2.11. The van der Waals surface area contributed by atoms with Gasteiger partial charge in [0.15, 0.2) is 0 Å². The van der Waals surface area contributed by atoms with Gasteiger partial charge >= 0.3 is 5.97 Å². The maximum absolute atomic E-state index is 10.3. The molecule has 1 rings (SSSR count). The van der Waals surface area contributed by atoms with E-state index in [1.165, 1.54) is 19.3 Å². The van der Waals surface area contributed by atoms with Gasteiger partial charge in [0, 0.05) is 12.5 Å². The highest BCUT2D eigenvalue weighted by Gasteiger charge is 2.00. The maximum atomic E-state index is 10.3. The van der Waals surface area contributed by atoms with Crippen LogP contribution < -0.4 is 0 Å². The molecule has 0 aliphatic carbocycles. The van der Waals surface area contributed by atoms with Gasteiger partial charge < -0.3 is 9.63 Å². The fraction of sp³-hybridized carbons (Fsp3) is 0.714. The van der Waals surface area contributed by atoms with Crippen molar-refractivity contribution in [1.29, 1.82) is 0 Å². The van der Waals surface area contributed by atoms with Gasteiger partial charge in [0.05, 0.1) is 5.69 Å². The Morgan fingerprint density at radius 3 is 2.33 bits per heavy atom. The minimum Gasteiger partial charge on any atom is -0.481 e. The number of aryl methyl sites for hydroxylation is 2. The molecule has 1 N–H and O–H groups in total. The summed E-state index contributed by atoms with van der Waals surface area (Å²) >= 11 is 0. The number of hydrogen-bond acceptors (Lipinski definition) is 3. The van der Waals surface area contributed by atoms with Crippen LogP contribution in [0.5, 0.6) is 0 Å². The second-order valence-electron chi connectivity index (χ2n) is 4.80. The van der Waals surface area contributed by atoms with Crippen molar-refractivity contribution in [2.45, 2.75) is 64.7 Å². The number of aromatic nitrogens is 1. The molecule has 0 aromatic carbocycles. The number of nitrogens with zero attached hydrogens (tertiary/aromatic N) is 1. The molecule has 1 aromatic heterocycles. The Hall–Kier alpha value is -1.32. The average molecular weight is 253 g/mol. The maximum Gasteiger partial charge on any atom is 0.303 e. The highest BCUT2D eigenvalue weighted by molar-refractivity contribution is 5.66. The number of carbonyl (C=O) groups is 1. The number of hydrogen-bond donors (Lipinski definition) is 1. The molecule has 0 atom stereocenters. The molecule has 1 heterocycles. The van der Waals surface area contributed by atoms with Gasteiger partial charge in [-0.05, 0) is 26.2 Å². The van der Waals surface area contributed by atoms with Crippen LogP contribution in [0.3, 0.4) is 0 Å². The van der Waals surface area contributed by atoms with E-state index in [4.69, 9.17) is 9.63 Å². The molecule has 18 heavy (non-hydrogen) atoms. The first-order valence-electron chi connectivity index (χ1n) is 6.82. The van der Waals surface area contributed by atoms with E-state index in [9.17, 15) is 4.79 Å². The van der Waals surface area contributed by atoms with E-state index in [2.05, 4.69) is 5.16 Å². The standard InChI is InChI=1S/C14H23NO3/c1-12-11-13(15-18-12)9-7-5-3-2-4-6-8-10-14(16)17/h11H,2-10H2,1H3,(H,16,17). The monoisotopic (exact) mass is 253 g/mol. The summed E-state index contributed by atoms with van der Waals surface area (Å²) in [4.78, 5) is 10.3. The van der Waals surface area contributed by atoms with Crippen LogP contribution in [-0.4, -0.2) is 16.2 Å². The van der Waals surface area contributed by atoms with Crippen LogP contribution in [0.1, 0.15) is 62.8 Å². The number of rotatable bonds is 10. The molecular formula is C14H23NO3. The third-order valence-corrected chi connectivity index (χ3v) is 3.00. The fourth-order valence-corrected chi connectivity index (χ4v) is 2.00. The van der Waals surface area contributed by atoms with E-state index >= 15 is 0 Å². The molecule has 0 saturated heterocycles. The molecule has 102 valence electrons. The summed E-state index contributed by atoms with van der Waals surface area (Å²) in [5.74, 6) is 0.196. The quantitative estimate of drug-likeness (QED) is 0.645. The van der Waals surface area contributed by atoms with Crippen molar-refractivity contribution in [3.8, 4) is 0 Å². The van der Waals surface area contributed by atoms with Crippen molar-refractivity contribution in [1.82, 2.24) is 5.16 Å². The van der Waals surface area contributed by atoms with E-state index in [1.54, 1.807) is 0 Å². The summed E-state index contributed by atoms with van der Waals surface area (Å²) in [6.45, 7) is 1.91. The Bertz CT molecular complexity index is 347. The van der Waals surface area contributed by atoms with Crippen molar-refractivity contribution in [3.05, 3.63) is 17.5 Å². The number of aliphatic carboxylic acids is 1. The molecular weight excluding hydrogens is 230 g/mol. The summed E-state index contributed by atoms with van der Waals surface area (Å²) in [5.41, 5.74) is 1.05. The number of carboxylic acid groups (broad SMARTS) is 1. The van der Waals surface area contributed by atoms with Crippen LogP contribution >= 0.6 is 0 Å². The van der Waals surface area contributed by atoms with Crippen LogP contribution in [0, 0.1) is 6.92 Å². The van der Waals surface area contributed by atoms with Gasteiger partial charge in [0.1, 0.15) is 5.76 Å². The van der Waals surface area contributed by atoms with Crippen molar-refractivity contribution < 1.29 is 14.4 Å². The van der Waals surface area contributed by atoms with Gasteiger partial charge in [-0.15, -0.1) is 0 Å². The van der Waals surface area contributed by atoms with Crippen LogP contribution in [0.15, 0.2) is 10.6 Å². The normalized spacial score (nSPS) is 10.7. The summed E-state index contributed by atoms with van der Waals surface area (Å²) in [6.07, 6.45) is 9.11. The Morgan fingerprint density at radius 2 is 1.78 bits per heavy atom. The largest absolute Gasteiger partial charge is 0.481 e. The molecule has 0 spiro atoms. The molecule has 0 aliphatic heterocycles. The highest BCUT2D eigenvalue weighted by atomic mass is 16.5. The first-order valence-corrected chi connectivity index (χ1v) is 6.82. The van der Waals surface area contributed by atoms with E-state index < -0.39 is 5.97 Å². The molecule has 0 aliphatic rings. The number of unbranched alkanes of at least 4 members (excludes halogenated alkanes) is 6. The van der Waals surface area contributed by atoms with E-state index in [0.717, 1.165) is 43.6 Å². The fourth-order valence-electron chi connectivity index (χ4n) is 2.00. The van der Waals surface area contributed by atoms with Gasteiger partial charge in [-0.25, -0.2) is 0 Å². The van der Waals surface area contributed by atoms with Crippen molar-refractivity contribution in [2.24, 2.45) is 0 Å². The second-order valence-corrected chi connectivity index (χ2v) is 4.80. The van der Waals surface area contributed by atoms with Crippen LogP contribution in [-0.2, 0) is 11.2 Å². The Kier molecular flexibility index (Phi) is 7.14. The molecule has 0 amide bonds. The van der Waals surface area contributed by atoms with Gasteiger partial charge in [-0.3, -0.25) is 4.79 Å². The Balaban J connectivity index is 1.85. The Labute approximate surface area is 108 Å². The predicted octanol–water partition coefficient (Wildman–Crippen LogP) is 3.73. The molecule has 0 fully saturated rings. The van der Waals surface area contributed by atoms with Crippen LogP contribution in [0.25, 0.3) is 0 Å². The zero-order valence-electron chi connectivity index (χ0n) is 11.2. The second kappa shape index (κ2) is 8.72. The average Bonchev–Trinajstić information content (AvgIpc) is 2.72. The Morgan fingerprint density at radius 1 is 1.17 bits per heavy atom. The third-order valence-electron chi connectivity index (χ3n) is 3.00. The molecule has 0 unspecified atom stereocenters. The lowest BCUT2D eigenvalue weighted by Crippen LogP contribution is -1.93. The van der Waals surface area contributed by atoms with Crippen LogP contribution in [0.4, 0.5) is 0 Å². The summed E-state index contributed by atoms with van der Waals surface area (Å²) in [5, 5.41) is 12.4. The molecule has 4 nitrogen and oxygen atoms in total. The van der Waals surface area contributed by atoms with Crippen LogP contribution in [0.2, 0.25) is 0 Å². The zero-order valence-corrected chi connectivity index (χ0v) is 11.2. The molecule has 1 aromatic rings. The lowest BCUT2D eigenvalue weighted by atomic mass is 10.1. The molecule has 0 radical (unpaired) electrons. The van der Waals surface area contributed by atoms with Gasteiger partial charge in [0.2, 0.25) is 0 Å². The molecule has 4 heteroatoms. The predicted molar refractivity (Wildman–Crippen MR) is 69.5 cm³/mol. The first-order chi connectivity index (χ1) is 8.68. The summed E-state index contributed by atoms with van der Waals surface area (Å²) in [7, 11) is 0. The van der Waals surface area contributed by atoms with Gasteiger partial charge in [-0.2, -0.15) is 0 Å². The lowest BCUT2D eigenvalue weighted by Gasteiger charge is -2.00. The summed E-state index contributed by atoms with van der Waals surface area (Å²) < 4.78 is 5.01. The topological polar surface area (TPSA) is 63.3 Å². The SMILES string of the molecule is Cc1cc(CCCCCCCCCC(=O)O)no1. The van der Waals surface area contributed by atoms with Gasteiger partial charge in [0.25, 0.3) is 0 Å². The number of carboxylic acids is 1. The van der Waals surface area contributed by atoms with Gasteiger partial charge in [-0.1, -0.05) is 37.3 Å². The third kappa shape index (κ3) is 7.09. The van der Waals surface area contributed by atoms with E-state index in [0.29, 0.717) is 6.42 Å².